The van der Waals surface area contributed by atoms with Crippen molar-refractivity contribution >= 4 is 17.6 Å². The van der Waals surface area contributed by atoms with E-state index in [0.29, 0.717) is 5.75 Å². The Morgan fingerprint density at radius 3 is 2.42 bits per heavy atom. The van der Waals surface area contributed by atoms with Crippen molar-refractivity contribution in [2.45, 2.75) is 19.3 Å². The van der Waals surface area contributed by atoms with Gasteiger partial charge in [0.1, 0.15) is 5.75 Å². The smallest absolute Gasteiger partial charge is 0.341 e. The molecule has 1 amide bonds. The number of nitrogens with zero attached hydrogens (tertiary/aromatic N) is 1. The number of ether oxygens (including phenoxy) is 1. The standard InChI is InChI=1S/C14H17NO4/c1-15(14(18)10-3-2-4-10)11-5-7-12(8-6-11)19-9-13(16)17/h5-8,10H,2-4,9H2,1H3,(H,16,17). The average molecular weight is 263 g/mol. The van der Waals surface area contributed by atoms with Gasteiger partial charge in [0.15, 0.2) is 6.61 Å². The van der Waals surface area contributed by atoms with E-state index in [9.17, 15) is 9.59 Å². The first-order chi connectivity index (χ1) is 9.08. The minimum atomic E-state index is -1.01. The number of hydrogen-bond acceptors (Lipinski definition) is 3. The van der Waals surface area contributed by atoms with Gasteiger partial charge in [-0.15, -0.1) is 0 Å². The number of benzene rings is 1. The van der Waals surface area contributed by atoms with Crippen LogP contribution in [0.5, 0.6) is 5.75 Å². The molecule has 1 N–H and O–H groups in total. The third kappa shape index (κ3) is 3.24. The molecule has 2 rings (SSSR count). The third-order valence-electron chi connectivity index (χ3n) is 3.37. The maximum atomic E-state index is 12.0. The second kappa shape index (κ2) is 5.73. The van der Waals surface area contributed by atoms with Crippen LogP contribution in [-0.4, -0.2) is 30.6 Å². The molecule has 5 heteroatoms. The summed E-state index contributed by atoms with van der Waals surface area (Å²) in [6.07, 6.45) is 3.08. The van der Waals surface area contributed by atoms with Gasteiger partial charge in [0.2, 0.25) is 5.91 Å². The molecule has 102 valence electrons. The zero-order chi connectivity index (χ0) is 13.8. The van der Waals surface area contributed by atoms with Gasteiger partial charge in [0.05, 0.1) is 0 Å². The molecule has 1 saturated carbocycles. The van der Waals surface area contributed by atoms with Gasteiger partial charge in [0.25, 0.3) is 0 Å². The quantitative estimate of drug-likeness (QED) is 0.881. The number of anilines is 1. The number of carbonyl (C=O) groups excluding carboxylic acids is 1. The van der Waals surface area contributed by atoms with Crippen molar-refractivity contribution in [1.29, 1.82) is 0 Å². The van der Waals surface area contributed by atoms with Gasteiger partial charge in [0, 0.05) is 18.7 Å². The number of rotatable bonds is 5. The van der Waals surface area contributed by atoms with Crippen LogP contribution in [0.4, 0.5) is 5.69 Å². The zero-order valence-electron chi connectivity index (χ0n) is 10.8. The lowest BCUT2D eigenvalue weighted by Gasteiger charge is -2.29. The molecule has 1 aliphatic rings. The van der Waals surface area contributed by atoms with Gasteiger partial charge >= 0.3 is 5.97 Å². The van der Waals surface area contributed by atoms with Crippen molar-refractivity contribution in [2.75, 3.05) is 18.6 Å². The van der Waals surface area contributed by atoms with Gasteiger partial charge in [-0.05, 0) is 37.1 Å². The average Bonchev–Trinajstić information content (AvgIpc) is 2.34. The lowest BCUT2D eigenvalue weighted by atomic mass is 9.84. The van der Waals surface area contributed by atoms with Crippen LogP contribution < -0.4 is 9.64 Å². The fraction of sp³-hybridized carbons (Fsp3) is 0.429. The van der Waals surface area contributed by atoms with Crippen molar-refractivity contribution in [3.63, 3.8) is 0 Å². The van der Waals surface area contributed by atoms with Gasteiger partial charge in [-0.3, -0.25) is 4.79 Å². The summed E-state index contributed by atoms with van der Waals surface area (Å²) in [5.74, 6) is -0.226. The molecule has 1 aromatic rings. The summed E-state index contributed by atoms with van der Waals surface area (Å²) in [4.78, 5) is 24.1. The normalized spacial score (nSPS) is 14.6. The number of amides is 1. The summed E-state index contributed by atoms with van der Waals surface area (Å²) in [5, 5.41) is 8.51. The molecule has 0 atom stereocenters. The molecule has 0 unspecified atom stereocenters. The molecule has 5 nitrogen and oxygen atoms in total. The minimum absolute atomic E-state index is 0.144. The first-order valence-corrected chi connectivity index (χ1v) is 6.30. The number of carboxylic acid groups (broad SMARTS) is 1. The summed E-state index contributed by atoms with van der Waals surface area (Å²) >= 11 is 0. The Bertz CT molecular complexity index is 465. The van der Waals surface area contributed by atoms with Crippen LogP contribution in [0.25, 0.3) is 0 Å². The number of carboxylic acids is 1. The summed E-state index contributed by atoms with van der Waals surface area (Å²) in [6, 6.07) is 6.85. The van der Waals surface area contributed by atoms with E-state index in [2.05, 4.69) is 0 Å². The predicted octanol–water partition coefficient (Wildman–Crippen LogP) is 1.91. The van der Waals surface area contributed by atoms with E-state index < -0.39 is 5.97 Å². The molecule has 1 aliphatic carbocycles. The molecular weight excluding hydrogens is 246 g/mol. The minimum Gasteiger partial charge on any atom is -0.482 e. The largest absolute Gasteiger partial charge is 0.482 e. The highest BCUT2D eigenvalue weighted by molar-refractivity contribution is 5.95. The summed E-state index contributed by atoms with van der Waals surface area (Å²) in [7, 11) is 1.76. The molecule has 19 heavy (non-hydrogen) atoms. The lowest BCUT2D eigenvalue weighted by Crippen LogP contribution is -2.36. The first kappa shape index (κ1) is 13.4. The molecule has 0 heterocycles. The molecule has 0 bridgehead atoms. The molecule has 0 aliphatic heterocycles. The fourth-order valence-electron chi connectivity index (χ4n) is 1.97. The first-order valence-electron chi connectivity index (χ1n) is 6.30. The fourth-order valence-corrected chi connectivity index (χ4v) is 1.97. The van der Waals surface area contributed by atoms with Crippen LogP contribution in [0.15, 0.2) is 24.3 Å². The molecule has 1 aromatic carbocycles. The van der Waals surface area contributed by atoms with Gasteiger partial charge < -0.3 is 14.7 Å². The van der Waals surface area contributed by atoms with Crippen molar-refractivity contribution in [3.8, 4) is 5.75 Å². The van der Waals surface area contributed by atoms with Crippen molar-refractivity contribution in [1.82, 2.24) is 0 Å². The van der Waals surface area contributed by atoms with Crippen LogP contribution in [0, 0.1) is 5.92 Å². The molecule has 0 radical (unpaired) electrons. The second-order valence-corrected chi connectivity index (χ2v) is 4.70. The highest BCUT2D eigenvalue weighted by atomic mass is 16.5. The van der Waals surface area contributed by atoms with Gasteiger partial charge in [-0.2, -0.15) is 0 Å². The number of aliphatic carboxylic acids is 1. The Balaban J connectivity index is 1.96. The van der Waals surface area contributed by atoms with Crippen LogP contribution in [-0.2, 0) is 9.59 Å². The van der Waals surface area contributed by atoms with Gasteiger partial charge in [-0.25, -0.2) is 4.79 Å². The Hall–Kier alpha value is -2.04. The van der Waals surface area contributed by atoms with Crippen molar-refractivity contribution in [3.05, 3.63) is 24.3 Å². The van der Waals surface area contributed by atoms with E-state index in [1.807, 2.05) is 0 Å². The maximum absolute atomic E-state index is 12.0. The third-order valence-corrected chi connectivity index (χ3v) is 3.37. The van der Waals surface area contributed by atoms with Crippen molar-refractivity contribution < 1.29 is 19.4 Å². The Morgan fingerprint density at radius 1 is 1.32 bits per heavy atom. The van der Waals surface area contributed by atoms with E-state index in [1.165, 1.54) is 0 Å². The number of carbonyl (C=O) groups is 2. The van der Waals surface area contributed by atoms with Crippen LogP contribution in [0.3, 0.4) is 0 Å². The van der Waals surface area contributed by atoms with E-state index in [4.69, 9.17) is 9.84 Å². The SMILES string of the molecule is CN(C(=O)C1CCC1)c1ccc(OCC(=O)O)cc1. The number of hydrogen-bond donors (Lipinski definition) is 1. The maximum Gasteiger partial charge on any atom is 0.341 e. The lowest BCUT2D eigenvalue weighted by molar-refractivity contribution is -0.139. The van der Waals surface area contributed by atoms with E-state index in [0.717, 1.165) is 24.9 Å². The Morgan fingerprint density at radius 2 is 1.95 bits per heavy atom. The summed E-state index contributed by atoms with van der Waals surface area (Å²) in [5.41, 5.74) is 0.791. The highest BCUT2D eigenvalue weighted by Crippen LogP contribution is 2.30. The monoisotopic (exact) mass is 263 g/mol. The topological polar surface area (TPSA) is 66.8 Å². The second-order valence-electron chi connectivity index (χ2n) is 4.70. The van der Waals surface area contributed by atoms with E-state index in [1.54, 1.807) is 36.2 Å². The Kier molecular flexibility index (Phi) is 4.04. The molecule has 0 spiro atoms. The predicted molar refractivity (Wildman–Crippen MR) is 70.3 cm³/mol. The van der Waals surface area contributed by atoms with Crippen molar-refractivity contribution in [2.24, 2.45) is 5.92 Å². The molecular formula is C14H17NO4. The van der Waals surface area contributed by atoms with Gasteiger partial charge in [-0.1, -0.05) is 6.42 Å². The summed E-state index contributed by atoms with van der Waals surface area (Å²) in [6.45, 7) is -0.365. The highest BCUT2D eigenvalue weighted by Gasteiger charge is 2.28. The van der Waals surface area contributed by atoms with E-state index >= 15 is 0 Å². The van der Waals surface area contributed by atoms with Crippen LogP contribution in [0.1, 0.15) is 19.3 Å². The van der Waals surface area contributed by atoms with E-state index in [-0.39, 0.29) is 18.4 Å². The molecule has 1 fully saturated rings. The van der Waals surface area contributed by atoms with Crippen LogP contribution in [0.2, 0.25) is 0 Å². The summed E-state index contributed by atoms with van der Waals surface area (Å²) < 4.78 is 5.04. The molecule has 0 aromatic heterocycles. The Labute approximate surface area is 111 Å². The molecule has 0 saturated heterocycles. The zero-order valence-corrected chi connectivity index (χ0v) is 10.8. The van der Waals surface area contributed by atoms with Crippen LogP contribution >= 0.6 is 0 Å².